The standard InChI is InChI=1S/C23H25N5O3/c1-28-10-8-15(9-11-28)23(29)25-18-5-3-17(4-6-18)24-22-13-19(26-27-22)16-2-7-20-21(12-16)31-14-30-20/h2-7,12-13,15H,8-11,14H2,1H3,(H,25,29)(H2,24,26,27). The molecule has 1 aromatic heterocycles. The van der Waals surface area contributed by atoms with E-state index in [2.05, 4.69) is 32.8 Å². The molecule has 0 unspecified atom stereocenters. The number of hydrogen-bond acceptors (Lipinski definition) is 6. The van der Waals surface area contributed by atoms with Gasteiger partial charge >= 0.3 is 0 Å². The molecule has 1 amide bonds. The molecule has 5 rings (SSSR count). The van der Waals surface area contributed by atoms with Crippen molar-refractivity contribution >= 4 is 23.1 Å². The number of piperidine rings is 1. The minimum Gasteiger partial charge on any atom is -0.454 e. The molecule has 3 heterocycles. The summed E-state index contributed by atoms with van der Waals surface area (Å²) < 4.78 is 10.8. The van der Waals surface area contributed by atoms with Crippen LogP contribution in [0.3, 0.4) is 0 Å². The molecule has 1 saturated heterocycles. The van der Waals surface area contributed by atoms with Gasteiger partial charge in [0, 0.05) is 28.9 Å². The molecule has 31 heavy (non-hydrogen) atoms. The van der Waals surface area contributed by atoms with Crippen molar-refractivity contribution in [3.05, 3.63) is 48.5 Å². The molecule has 0 aliphatic carbocycles. The number of anilines is 3. The molecule has 2 aromatic carbocycles. The third-order valence-electron chi connectivity index (χ3n) is 5.77. The molecular weight excluding hydrogens is 394 g/mol. The number of carbonyl (C=O) groups excluding carboxylic acids is 1. The Balaban J connectivity index is 1.20. The number of aromatic amines is 1. The lowest BCUT2D eigenvalue weighted by atomic mass is 9.96. The van der Waals surface area contributed by atoms with Gasteiger partial charge in [0.25, 0.3) is 0 Å². The van der Waals surface area contributed by atoms with Gasteiger partial charge in [-0.15, -0.1) is 0 Å². The Kier molecular flexibility index (Phi) is 5.21. The fraction of sp³-hybridized carbons (Fsp3) is 0.304. The van der Waals surface area contributed by atoms with E-state index in [1.807, 2.05) is 48.5 Å². The first-order valence-corrected chi connectivity index (χ1v) is 10.5. The zero-order valence-electron chi connectivity index (χ0n) is 17.4. The highest BCUT2D eigenvalue weighted by Crippen LogP contribution is 2.36. The summed E-state index contributed by atoms with van der Waals surface area (Å²) in [5, 5.41) is 13.7. The summed E-state index contributed by atoms with van der Waals surface area (Å²) in [5.41, 5.74) is 3.46. The van der Waals surface area contributed by atoms with E-state index in [-0.39, 0.29) is 18.6 Å². The van der Waals surface area contributed by atoms with E-state index >= 15 is 0 Å². The Hall–Kier alpha value is -3.52. The van der Waals surface area contributed by atoms with Crippen molar-refractivity contribution in [2.24, 2.45) is 5.92 Å². The monoisotopic (exact) mass is 419 g/mol. The molecule has 160 valence electrons. The van der Waals surface area contributed by atoms with Gasteiger partial charge in [0.15, 0.2) is 11.5 Å². The summed E-state index contributed by atoms with van der Waals surface area (Å²) in [6, 6.07) is 15.4. The highest BCUT2D eigenvalue weighted by molar-refractivity contribution is 5.92. The second kappa shape index (κ2) is 8.31. The maximum Gasteiger partial charge on any atom is 0.231 e. The number of rotatable bonds is 5. The van der Waals surface area contributed by atoms with Crippen LogP contribution < -0.4 is 20.1 Å². The second-order valence-corrected chi connectivity index (χ2v) is 8.00. The highest BCUT2D eigenvalue weighted by Gasteiger charge is 2.23. The Labute approximate surface area is 180 Å². The maximum atomic E-state index is 12.5. The summed E-state index contributed by atoms with van der Waals surface area (Å²) in [5.74, 6) is 2.45. The van der Waals surface area contributed by atoms with Gasteiger partial charge in [-0.1, -0.05) is 0 Å². The number of ether oxygens (including phenoxy) is 2. The molecule has 3 aromatic rings. The minimum absolute atomic E-state index is 0.0913. The lowest BCUT2D eigenvalue weighted by molar-refractivity contribution is -0.121. The first-order valence-electron chi connectivity index (χ1n) is 10.5. The van der Waals surface area contributed by atoms with Gasteiger partial charge in [-0.05, 0) is 75.4 Å². The molecule has 2 aliphatic rings. The summed E-state index contributed by atoms with van der Waals surface area (Å²) >= 11 is 0. The van der Waals surface area contributed by atoms with Gasteiger partial charge in [0.05, 0.1) is 5.69 Å². The summed E-state index contributed by atoms with van der Waals surface area (Å²) in [4.78, 5) is 14.7. The summed E-state index contributed by atoms with van der Waals surface area (Å²) in [6.07, 6.45) is 1.82. The van der Waals surface area contributed by atoms with Gasteiger partial charge in [-0.3, -0.25) is 9.89 Å². The average molecular weight is 419 g/mol. The normalized spacial score (nSPS) is 16.3. The predicted octanol–water partition coefficient (Wildman–Crippen LogP) is 3.83. The van der Waals surface area contributed by atoms with Gasteiger partial charge in [-0.25, -0.2) is 0 Å². The van der Waals surface area contributed by atoms with Crippen molar-refractivity contribution in [1.82, 2.24) is 15.1 Å². The number of nitrogens with zero attached hydrogens (tertiary/aromatic N) is 2. The van der Waals surface area contributed by atoms with E-state index in [0.717, 1.165) is 65.9 Å². The van der Waals surface area contributed by atoms with Crippen LogP contribution in [0.25, 0.3) is 11.3 Å². The van der Waals surface area contributed by atoms with Gasteiger partial charge in [0.2, 0.25) is 12.7 Å². The van der Waals surface area contributed by atoms with E-state index in [9.17, 15) is 4.79 Å². The second-order valence-electron chi connectivity index (χ2n) is 8.00. The molecule has 0 atom stereocenters. The van der Waals surface area contributed by atoms with E-state index < -0.39 is 0 Å². The van der Waals surface area contributed by atoms with Crippen LogP contribution in [-0.2, 0) is 4.79 Å². The van der Waals surface area contributed by atoms with Crippen molar-refractivity contribution in [2.75, 3.05) is 37.6 Å². The van der Waals surface area contributed by atoms with Crippen LogP contribution >= 0.6 is 0 Å². The largest absolute Gasteiger partial charge is 0.454 e. The molecule has 3 N–H and O–H groups in total. The SMILES string of the molecule is CN1CCC(C(=O)Nc2ccc(Nc3cc(-c4ccc5c(c4)OCO5)n[nH]3)cc2)CC1. The first kappa shape index (κ1) is 19.4. The molecule has 0 radical (unpaired) electrons. The van der Waals surface area contributed by atoms with E-state index in [1.54, 1.807) is 0 Å². The Bertz CT molecular complexity index is 1070. The predicted molar refractivity (Wildman–Crippen MR) is 119 cm³/mol. The van der Waals surface area contributed by atoms with Crippen LogP contribution in [0.4, 0.5) is 17.2 Å². The third-order valence-corrected chi connectivity index (χ3v) is 5.77. The number of aromatic nitrogens is 2. The van der Waals surface area contributed by atoms with Crippen molar-refractivity contribution in [1.29, 1.82) is 0 Å². The lowest BCUT2D eigenvalue weighted by Crippen LogP contribution is -2.35. The molecule has 0 spiro atoms. The zero-order chi connectivity index (χ0) is 21.2. The van der Waals surface area contributed by atoms with Crippen molar-refractivity contribution in [3.63, 3.8) is 0 Å². The van der Waals surface area contributed by atoms with Crippen LogP contribution in [0.1, 0.15) is 12.8 Å². The van der Waals surface area contributed by atoms with Crippen LogP contribution in [-0.4, -0.2) is 47.9 Å². The average Bonchev–Trinajstić information content (AvgIpc) is 3.44. The van der Waals surface area contributed by atoms with Crippen molar-refractivity contribution < 1.29 is 14.3 Å². The van der Waals surface area contributed by atoms with Crippen LogP contribution in [0, 0.1) is 5.92 Å². The topological polar surface area (TPSA) is 91.5 Å². The Morgan fingerprint density at radius 3 is 2.58 bits per heavy atom. The smallest absolute Gasteiger partial charge is 0.231 e. The number of fused-ring (bicyclic) bond motifs is 1. The number of carbonyl (C=O) groups is 1. The number of hydrogen-bond donors (Lipinski definition) is 3. The zero-order valence-corrected chi connectivity index (χ0v) is 17.4. The van der Waals surface area contributed by atoms with Gasteiger partial charge in [0.1, 0.15) is 5.82 Å². The number of likely N-dealkylation sites (tertiary alicyclic amines) is 1. The number of H-pyrrole nitrogens is 1. The third kappa shape index (κ3) is 4.34. The number of benzene rings is 2. The van der Waals surface area contributed by atoms with Crippen LogP contribution in [0.15, 0.2) is 48.5 Å². The van der Waals surface area contributed by atoms with E-state index in [1.165, 1.54) is 0 Å². The molecule has 8 heteroatoms. The molecule has 0 bridgehead atoms. The van der Waals surface area contributed by atoms with E-state index in [0.29, 0.717) is 0 Å². The van der Waals surface area contributed by atoms with Crippen LogP contribution in [0.2, 0.25) is 0 Å². The first-order chi connectivity index (χ1) is 15.1. The number of amides is 1. The molecule has 1 fully saturated rings. The number of nitrogens with one attached hydrogen (secondary N) is 3. The Morgan fingerprint density at radius 2 is 1.77 bits per heavy atom. The summed E-state index contributed by atoms with van der Waals surface area (Å²) in [7, 11) is 2.09. The van der Waals surface area contributed by atoms with Crippen molar-refractivity contribution in [3.8, 4) is 22.8 Å². The van der Waals surface area contributed by atoms with Gasteiger partial charge in [-0.2, -0.15) is 5.10 Å². The van der Waals surface area contributed by atoms with Crippen LogP contribution in [0.5, 0.6) is 11.5 Å². The molecule has 0 saturated carbocycles. The highest BCUT2D eigenvalue weighted by atomic mass is 16.7. The molecule has 2 aliphatic heterocycles. The quantitative estimate of drug-likeness (QED) is 0.582. The molecular formula is C23H25N5O3. The minimum atomic E-state index is 0.0913. The van der Waals surface area contributed by atoms with E-state index in [4.69, 9.17) is 9.47 Å². The van der Waals surface area contributed by atoms with Gasteiger partial charge < -0.3 is 25.0 Å². The molecule has 8 nitrogen and oxygen atoms in total. The summed E-state index contributed by atoms with van der Waals surface area (Å²) in [6.45, 7) is 2.19. The maximum absolute atomic E-state index is 12.5. The Morgan fingerprint density at radius 1 is 1.03 bits per heavy atom. The lowest BCUT2D eigenvalue weighted by Gasteiger charge is -2.28. The fourth-order valence-electron chi connectivity index (χ4n) is 3.90. The fourth-order valence-corrected chi connectivity index (χ4v) is 3.90. The van der Waals surface area contributed by atoms with Crippen molar-refractivity contribution in [2.45, 2.75) is 12.8 Å².